The summed E-state index contributed by atoms with van der Waals surface area (Å²) in [7, 11) is 0. The molecule has 0 aromatic rings. The first kappa shape index (κ1) is 5.53. The molecule has 0 radical (unpaired) electrons. The molecule has 0 aromatic heterocycles. The van der Waals surface area contributed by atoms with E-state index in [1.165, 1.54) is 0 Å². The summed E-state index contributed by atoms with van der Waals surface area (Å²) in [5, 5.41) is 8.66. The minimum Gasteiger partial charge on any atom is -0.381 e. The topological polar surface area (TPSA) is 58.6 Å². The van der Waals surface area contributed by atoms with Crippen LogP contribution in [-0.2, 0) is 9.63 Å². The maximum Gasteiger partial charge on any atom is 0.353 e. The molecule has 2 N–H and O–H groups in total. The molecule has 1 rings (SSSR count). The van der Waals surface area contributed by atoms with Crippen LogP contribution in [0.25, 0.3) is 0 Å². The first-order chi connectivity index (χ1) is 3.80. The normalized spacial score (nSPS) is 29.6. The van der Waals surface area contributed by atoms with Crippen LogP contribution in [0.3, 0.4) is 0 Å². The van der Waals surface area contributed by atoms with Crippen molar-refractivity contribution in [1.29, 1.82) is 0 Å². The summed E-state index contributed by atoms with van der Waals surface area (Å²) in [6.45, 7) is 0.535. The van der Waals surface area contributed by atoms with E-state index in [-0.39, 0.29) is 0 Å². The van der Waals surface area contributed by atoms with Crippen LogP contribution in [0.15, 0.2) is 0 Å². The fourth-order valence-electron chi connectivity index (χ4n) is 0.504. The van der Waals surface area contributed by atoms with Crippen molar-refractivity contribution in [2.45, 2.75) is 12.5 Å². The van der Waals surface area contributed by atoms with E-state index in [4.69, 9.17) is 5.11 Å². The maximum atomic E-state index is 10.3. The van der Waals surface area contributed by atoms with Crippen molar-refractivity contribution >= 4 is 5.97 Å². The van der Waals surface area contributed by atoms with Crippen molar-refractivity contribution in [3.8, 4) is 0 Å². The molecular weight excluding hydrogens is 110 g/mol. The average molecular weight is 117 g/mol. The Kier molecular flexibility index (Phi) is 1.45. The number of carbonyl (C=O) groups is 1. The summed E-state index contributed by atoms with van der Waals surface area (Å²) in [5.74, 6) is -0.587. The predicted octanol–water partition coefficient (Wildman–Crippen LogP) is -1.20. The largest absolute Gasteiger partial charge is 0.381 e. The molecule has 1 aliphatic rings. The van der Waals surface area contributed by atoms with Crippen LogP contribution in [0.4, 0.5) is 0 Å². The van der Waals surface area contributed by atoms with Gasteiger partial charge < -0.3 is 9.94 Å². The Morgan fingerprint density at radius 1 is 1.88 bits per heavy atom. The van der Waals surface area contributed by atoms with E-state index < -0.39 is 12.1 Å². The molecule has 46 valence electrons. The van der Waals surface area contributed by atoms with Crippen molar-refractivity contribution < 1.29 is 14.7 Å². The zero-order chi connectivity index (χ0) is 5.98. The molecule has 1 saturated heterocycles. The van der Waals surface area contributed by atoms with Gasteiger partial charge in [0.25, 0.3) is 0 Å². The molecule has 1 heterocycles. The van der Waals surface area contributed by atoms with Crippen LogP contribution in [0.5, 0.6) is 0 Å². The van der Waals surface area contributed by atoms with Crippen molar-refractivity contribution in [1.82, 2.24) is 5.48 Å². The molecule has 1 unspecified atom stereocenters. The third kappa shape index (κ3) is 0.962. The van der Waals surface area contributed by atoms with Crippen molar-refractivity contribution in [2.24, 2.45) is 0 Å². The number of hydrogen-bond donors (Lipinski definition) is 2. The maximum absolute atomic E-state index is 10.3. The second-order valence-corrected chi connectivity index (χ2v) is 1.62. The number of hydrogen-bond acceptors (Lipinski definition) is 4. The standard InChI is InChI=1S/C4H7NO3/c6-3-1-2-5-8-4(3)7/h3,5-6H,1-2H2. The van der Waals surface area contributed by atoms with Crippen LogP contribution in [0, 0.1) is 0 Å². The smallest absolute Gasteiger partial charge is 0.353 e. The second-order valence-electron chi connectivity index (χ2n) is 1.62. The van der Waals surface area contributed by atoms with Gasteiger partial charge in [-0.15, -0.1) is 0 Å². The van der Waals surface area contributed by atoms with Gasteiger partial charge in [-0.1, -0.05) is 0 Å². The predicted molar refractivity (Wildman–Crippen MR) is 24.7 cm³/mol. The highest BCUT2D eigenvalue weighted by Crippen LogP contribution is 1.96. The minimum atomic E-state index is -0.920. The highest BCUT2D eigenvalue weighted by Gasteiger charge is 2.20. The van der Waals surface area contributed by atoms with E-state index in [1.807, 2.05) is 0 Å². The number of carbonyl (C=O) groups excluding carboxylic acids is 1. The summed E-state index contributed by atoms with van der Waals surface area (Å²) in [5.41, 5.74) is 2.36. The van der Waals surface area contributed by atoms with Crippen LogP contribution in [0.2, 0.25) is 0 Å². The minimum absolute atomic E-state index is 0.443. The Morgan fingerprint density at radius 3 is 3.00 bits per heavy atom. The summed E-state index contributed by atoms with van der Waals surface area (Å²) < 4.78 is 0. The molecule has 0 aliphatic carbocycles. The molecule has 0 bridgehead atoms. The van der Waals surface area contributed by atoms with Gasteiger partial charge in [0.2, 0.25) is 0 Å². The van der Waals surface area contributed by atoms with Gasteiger partial charge >= 0.3 is 5.97 Å². The van der Waals surface area contributed by atoms with E-state index in [2.05, 4.69) is 10.3 Å². The zero-order valence-corrected chi connectivity index (χ0v) is 4.26. The monoisotopic (exact) mass is 117 g/mol. The molecule has 0 aromatic carbocycles. The molecule has 1 fully saturated rings. The van der Waals surface area contributed by atoms with Gasteiger partial charge in [-0.05, 0) is 6.42 Å². The lowest BCUT2D eigenvalue weighted by atomic mass is 10.2. The van der Waals surface area contributed by atoms with Crippen LogP contribution < -0.4 is 5.48 Å². The molecular formula is C4H7NO3. The van der Waals surface area contributed by atoms with Gasteiger partial charge in [0.1, 0.15) is 0 Å². The van der Waals surface area contributed by atoms with Gasteiger partial charge in [0.15, 0.2) is 6.10 Å². The van der Waals surface area contributed by atoms with Gasteiger partial charge in [-0.25, -0.2) is 4.79 Å². The highest BCUT2D eigenvalue weighted by molar-refractivity contribution is 5.74. The van der Waals surface area contributed by atoms with Crippen LogP contribution >= 0.6 is 0 Å². The van der Waals surface area contributed by atoms with Crippen LogP contribution in [0.1, 0.15) is 6.42 Å². The Hall–Kier alpha value is -0.610. The second kappa shape index (κ2) is 2.11. The lowest BCUT2D eigenvalue weighted by molar-refractivity contribution is -0.167. The number of rotatable bonds is 0. The summed E-state index contributed by atoms with van der Waals surface area (Å²) in [6.07, 6.45) is -0.477. The van der Waals surface area contributed by atoms with Crippen molar-refractivity contribution in [2.75, 3.05) is 6.54 Å². The van der Waals surface area contributed by atoms with Gasteiger partial charge in [0.05, 0.1) is 0 Å². The molecule has 0 amide bonds. The molecule has 4 nitrogen and oxygen atoms in total. The summed E-state index contributed by atoms with van der Waals surface area (Å²) >= 11 is 0. The van der Waals surface area contributed by atoms with Gasteiger partial charge in [0, 0.05) is 6.54 Å². The zero-order valence-electron chi connectivity index (χ0n) is 4.26. The van der Waals surface area contributed by atoms with E-state index in [1.54, 1.807) is 0 Å². The fraction of sp³-hybridized carbons (Fsp3) is 0.750. The number of aliphatic hydroxyl groups excluding tert-OH is 1. The van der Waals surface area contributed by atoms with Gasteiger partial charge in [-0.3, -0.25) is 0 Å². The molecule has 1 atom stereocenters. The number of aliphatic hydroxyl groups is 1. The Labute approximate surface area is 46.4 Å². The van der Waals surface area contributed by atoms with E-state index >= 15 is 0 Å². The first-order valence-corrected chi connectivity index (χ1v) is 2.42. The molecule has 4 heteroatoms. The average Bonchev–Trinajstić information content (AvgIpc) is 1.77. The molecule has 8 heavy (non-hydrogen) atoms. The number of nitrogens with one attached hydrogen (secondary N) is 1. The molecule has 1 aliphatic heterocycles. The summed E-state index contributed by atoms with van der Waals surface area (Å²) in [6, 6.07) is 0. The fourth-order valence-corrected chi connectivity index (χ4v) is 0.504. The SMILES string of the molecule is O=C1ONCCC1O. The lowest BCUT2D eigenvalue weighted by Gasteiger charge is -2.15. The number of hydroxylamine groups is 1. The van der Waals surface area contributed by atoms with E-state index in [9.17, 15) is 4.79 Å². The molecule has 0 spiro atoms. The third-order valence-corrected chi connectivity index (χ3v) is 0.965. The van der Waals surface area contributed by atoms with Crippen LogP contribution in [-0.4, -0.2) is 23.7 Å². The Morgan fingerprint density at radius 2 is 2.62 bits per heavy atom. The lowest BCUT2D eigenvalue weighted by Crippen LogP contribution is -2.37. The third-order valence-electron chi connectivity index (χ3n) is 0.965. The Bertz CT molecular complexity index is 103. The quantitative estimate of drug-likeness (QED) is 0.418. The first-order valence-electron chi connectivity index (χ1n) is 2.42. The Balaban J connectivity index is 2.39. The summed E-state index contributed by atoms with van der Waals surface area (Å²) in [4.78, 5) is 14.5. The molecule has 0 saturated carbocycles. The van der Waals surface area contributed by atoms with Gasteiger partial charge in [-0.2, -0.15) is 5.48 Å². The van der Waals surface area contributed by atoms with Crippen molar-refractivity contribution in [3.63, 3.8) is 0 Å². The van der Waals surface area contributed by atoms with Crippen molar-refractivity contribution in [3.05, 3.63) is 0 Å². The van der Waals surface area contributed by atoms with E-state index in [0.29, 0.717) is 13.0 Å². The highest BCUT2D eigenvalue weighted by atomic mass is 16.7. The van der Waals surface area contributed by atoms with E-state index in [0.717, 1.165) is 0 Å².